The summed E-state index contributed by atoms with van der Waals surface area (Å²) in [7, 11) is 1.63. The minimum Gasteiger partial charge on any atom is -0.497 e. The quantitative estimate of drug-likeness (QED) is 0.702. The van der Waals surface area contributed by atoms with Crippen LogP contribution in [0.4, 0.5) is 5.13 Å². The Kier molecular flexibility index (Phi) is 3.98. The van der Waals surface area contributed by atoms with Gasteiger partial charge >= 0.3 is 0 Å². The predicted molar refractivity (Wildman–Crippen MR) is 106 cm³/mol. The van der Waals surface area contributed by atoms with Crippen molar-refractivity contribution in [2.24, 2.45) is 0 Å². The number of hydrogen-bond donors (Lipinski definition) is 1. The highest BCUT2D eigenvalue weighted by molar-refractivity contribution is 7.14. The first-order chi connectivity index (χ1) is 13.7. The lowest BCUT2D eigenvalue weighted by atomic mass is 9.95. The molecule has 0 radical (unpaired) electrons. The van der Waals surface area contributed by atoms with Crippen molar-refractivity contribution in [2.75, 3.05) is 19.2 Å². The Morgan fingerprint density at radius 1 is 1.14 bits per heavy atom. The lowest BCUT2D eigenvalue weighted by molar-refractivity contribution is -0.118. The number of methoxy groups -OCH3 is 1. The Labute approximate surface area is 166 Å². The molecular weight excluding hydrogens is 376 g/mol. The van der Waals surface area contributed by atoms with Gasteiger partial charge in [0.15, 0.2) is 16.6 Å². The van der Waals surface area contributed by atoms with Crippen LogP contribution in [0.3, 0.4) is 0 Å². The number of carbonyl (C=O) groups is 1. The normalized spacial score (nSPS) is 15.9. The molecule has 6 nitrogen and oxygen atoms in total. The third kappa shape index (κ3) is 2.88. The van der Waals surface area contributed by atoms with Gasteiger partial charge in [-0.25, -0.2) is 4.98 Å². The molecule has 1 N–H and O–H groups in total. The number of hydrogen-bond acceptors (Lipinski definition) is 6. The fraction of sp³-hybridized carbons (Fsp3) is 0.238. The highest BCUT2D eigenvalue weighted by Crippen LogP contribution is 2.49. The third-order valence-electron chi connectivity index (χ3n) is 5.22. The van der Waals surface area contributed by atoms with Crippen LogP contribution in [0.5, 0.6) is 17.2 Å². The number of ether oxygens (including phenoxy) is 3. The summed E-state index contributed by atoms with van der Waals surface area (Å²) in [6.45, 7) is 0.241. The molecule has 7 heteroatoms. The topological polar surface area (TPSA) is 69.7 Å². The number of aromatic nitrogens is 1. The van der Waals surface area contributed by atoms with Gasteiger partial charge in [0.25, 0.3) is 0 Å². The molecule has 1 saturated carbocycles. The standard InChI is InChI=1S/C21H18N2O4S/c1-25-15-5-3-14(4-6-15)21(8-9-21)19(24)23-20-22-16(11-28-20)13-2-7-17-18(10-13)27-12-26-17/h2-7,10-11H,8-9,12H2,1H3,(H,22,23,24). The Morgan fingerprint density at radius 2 is 1.93 bits per heavy atom. The van der Waals surface area contributed by atoms with Crippen molar-refractivity contribution in [1.82, 2.24) is 4.98 Å². The summed E-state index contributed by atoms with van der Waals surface area (Å²) in [5.74, 6) is 2.23. The Bertz CT molecular complexity index is 1040. The molecule has 0 saturated heterocycles. The fourth-order valence-corrected chi connectivity index (χ4v) is 4.13. The first kappa shape index (κ1) is 17.1. The van der Waals surface area contributed by atoms with Gasteiger partial charge in [0.2, 0.25) is 12.7 Å². The van der Waals surface area contributed by atoms with E-state index in [4.69, 9.17) is 14.2 Å². The Morgan fingerprint density at radius 3 is 2.68 bits per heavy atom. The minimum absolute atomic E-state index is 0.00995. The number of rotatable bonds is 5. The molecule has 0 unspecified atom stereocenters. The van der Waals surface area contributed by atoms with Crippen LogP contribution in [-0.2, 0) is 10.2 Å². The number of benzene rings is 2. The van der Waals surface area contributed by atoms with Crippen LogP contribution in [0.1, 0.15) is 18.4 Å². The van der Waals surface area contributed by atoms with E-state index in [2.05, 4.69) is 10.3 Å². The zero-order chi connectivity index (χ0) is 19.1. The lowest BCUT2D eigenvalue weighted by Gasteiger charge is -2.15. The van der Waals surface area contributed by atoms with Crippen LogP contribution in [0.2, 0.25) is 0 Å². The Hall–Kier alpha value is -3.06. The SMILES string of the molecule is COc1ccc(C2(C(=O)Nc3nc(-c4ccc5c(c4)OCO5)cs3)CC2)cc1. The molecule has 142 valence electrons. The molecule has 5 rings (SSSR count). The first-order valence-electron chi connectivity index (χ1n) is 8.99. The molecule has 0 bridgehead atoms. The first-order valence-corrected chi connectivity index (χ1v) is 9.87. The van der Waals surface area contributed by atoms with E-state index in [0.29, 0.717) is 10.9 Å². The second kappa shape index (κ2) is 6.53. The van der Waals surface area contributed by atoms with Gasteiger partial charge in [-0.05, 0) is 48.7 Å². The number of nitrogens with one attached hydrogen (secondary N) is 1. The van der Waals surface area contributed by atoms with E-state index >= 15 is 0 Å². The van der Waals surface area contributed by atoms with Gasteiger partial charge in [0, 0.05) is 10.9 Å². The van der Waals surface area contributed by atoms with Gasteiger partial charge in [-0.15, -0.1) is 11.3 Å². The van der Waals surface area contributed by atoms with E-state index in [1.54, 1.807) is 7.11 Å². The van der Waals surface area contributed by atoms with Gasteiger partial charge in [-0.2, -0.15) is 0 Å². The fourth-order valence-electron chi connectivity index (χ4n) is 3.42. The average molecular weight is 394 g/mol. The molecule has 0 atom stereocenters. The van der Waals surface area contributed by atoms with Crippen LogP contribution in [0.15, 0.2) is 47.8 Å². The number of fused-ring (bicyclic) bond motifs is 1. The van der Waals surface area contributed by atoms with Crippen molar-refractivity contribution >= 4 is 22.4 Å². The van der Waals surface area contributed by atoms with Crippen molar-refractivity contribution < 1.29 is 19.0 Å². The van der Waals surface area contributed by atoms with Crippen molar-refractivity contribution in [2.45, 2.75) is 18.3 Å². The van der Waals surface area contributed by atoms with Gasteiger partial charge in [0.1, 0.15) is 5.75 Å². The zero-order valence-corrected chi connectivity index (χ0v) is 16.0. The molecule has 3 aromatic rings. The number of amides is 1. The van der Waals surface area contributed by atoms with Crippen LogP contribution >= 0.6 is 11.3 Å². The van der Waals surface area contributed by atoms with E-state index < -0.39 is 5.41 Å². The third-order valence-corrected chi connectivity index (χ3v) is 5.98. The van der Waals surface area contributed by atoms with E-state index in [1.807, 2.05) is 47.8 Å². The maximum atomic E-state index is 12.9. The van der Waals surface area contributed by atoms with Crippen molar-refractivity contribution in [1.29, 1.82) is 0 Å². The number of nitrogens with zero attached hydrogens (tertiary/aromatic N) is 1. The summed E-state index contributed by atoms with van der Waals surface area (Å²) in [6, 6.07) is 13.4. The van der Waals surface area contributed by atoms with Crippen molar-refractivity contribution in [3.63, 3.8) is 0 Å². The predicted octanol–water partition coefficient (Wildman–Crippen LogP) is 4.22. The number of thiazole rings is 1. The summed E-state index contributed by atoms with van der Waals surface area (Å²) >= 11 is 1.42. The van der Waals surface area contributed by atoms with Gasteiger partial charge < -0.3 is 19.5 Å². The smallest absolute Gasteiger partial charge is 0.236 e. The van der Waals surface area contributed by atoms with Crippen LogP contribution in [-0.4, -0.2) is 24.8 Å². The van der Waals surface area contributed by atoms with Crippen LogP contribution in [0.25, 0.3) is 11.3 Å². The van der Waals surface area contributed by atoms with Gasteiger partial charge in [-0.1, -0.05) is 12.1 Å². The second-order valence-electron chi connectivity index (χ2n) is 6.87. The summed E-state index contributed by atoms with van der Waals surface area (Å²) < 4.78 is 16.0. The summed E-state index contributed by atoms with van der Waals surface area (Å²) in [6.07, 6.45) is 1.68. The molecule has 28 heavy (non-hydrogen) atoms. The molecular formula is C21H18N2O4S. The van der Waals surface area contributed by atoms with E-state index in [9.17, 15) is 4.79 Å². The molecule has 1 aliphatic carbocycles. The lowest BCUT2D eigenvalue weighted by Crippen LogP contribution is -2.27. The minimum atomic E-state index is -0.461. The molecule has 2 aliphatic rings. The Balaban J connectivity index is 1.33. The molecule has 1 amide bonds. The molecule has 2 aromatic carbocycles. The highest BCUT2D eigenvalue weighted by Gasteiger charge is 2.51. The summed E-state index contributed by atoms with van der Waals surface area (Å²) in [5.41, 5.74) is 2.28. The van der Waals surface area contributed by atoms with Crippen molar-refractivity contribution in [3.8, 4) is 28.5 Å². The van der Waals surface area contributed by atoms with Crippen LogP contribution < -0.4 is 19.5 Å². The number of carbonyl (C=O) groups excluding carboxylic acids is 1. The largest absolute Gasteiger partial charge is 0.497 e. The van der Waals surface area contributed by atoms with Crippen molar-refractivity contribution in [3.05, 3.63) is 53.4 Å². The average Bonchev–Trinajstić information content (AvgIpc) is 3.18. The monoisotopic (exact) mass is 394 g/mol. The molecule has 2 heterocycles. The summed E-state index contributed by atoms with van der Waals surface area (Å²) in [5, 5.41) is 5.52. The summed E-state index contributed by atoms with van der Waals surface area (Å²) in [4.78, 5) is 17.5. The van der Waals surface area contributed by atoms with E-state index in [1.165, 1.54) is 11.3 Å². The van der Waals surface area contributed by atoms with E-state index in [-0.39, 0.29) is 12.7 Å². The maximum absolute atomic E-state index is 12.9. The molecule has 1 aliphatic heterocycles. The molecule has 1 aromatic heterocycles. The zero-order valence-electron chi connectivity index (χ0n) is 15.2. The van der Waals surface area contributed by atoms with Gasteiger partial charge in [-0.3, -0.25) is 4.79 Å². The molecule has 1 fully saturated rings. The number of anilines is 1. The van der Waals surface area contributed by atoms with Crippen LogP contribution in [0, 0.1) is 0 Å². The highest BCUT2D eigenvalue weighted by atomic mass is 32.1. The molecule has 0 spiro atoms. The van der Waals surface area contributed by atoms with Gasteiger partial charge in [0.05, 0.1) is 18.2 Å². The van der Waals surface area contributed by atoms with E-state index in [0.717, 1.165) is 41.2 Å². The maximum Gasteiger partial charge on any atom is 0.236 e. The second-order valence-corrected chi connectivity index (χ2v) is 7.73.